The van der Waals surface area contributed by atoms with Crippen molar-refractivity contribution < 1.29 is 14.0 Å². The van der Waals surface area contributed by atoms with Crippen molar-refractivity contribution in [3.8, 4) is 11.3 Å². The summed E-state index contributed by atoms with van der Waals surface area (Å²) in [6, 6.07) is 1.45. The average molecular weight is 469 g/mol. The molecule has 2 aliphatic rings. The molecule has 0 radical (unpaired) electrons. The van der Waals surface area contributed by atoms with Crippen LogP contribution in [0.3, 0.4) is 0 Å². The van der Waals surface area contributed by atoms with Gasteiger partial charge in [-0.15, -0.1) is 0 Å². The van der Waals surface area contributed by atoms with Gasteiger partial charge < -0.3 is 20.5 Å². The number of carbonyl (C=O) groups is 2. The van der Waals surface area contributed by atoms with Crippen LogP contribution in [0, 0.1) is 9.39 Å². The van der Waals surface area contributed by atoms with E-state index in [1.165, 1.54) is 6.20 Å². The van der Waals surface area contributed by atoms with Crippen LogP contribution in [0.15, 0.2) is 18.5 Å². The summed E-state index contributed by atoms with van der Waals surface area (Å²) >= 11 is 2.08. The number of carbonyl (C=O) groups excluding carboxylic acids is 2. The zero-order chi connectivity index (χ0) is 18.5. The molecule has 0 aromatic carbocycles. The average Bonchev–Trinajstić information content (AvgIpc) is 3.22. The summed E-state index contributed by atoms with van der Waals surface area (Å²) in [5.41, 5.74) is 1.88. The normalized spacial score (nSPS) is 21.7. The first-order chi connectivity index (χ1) is 12.5. The molecule has 1 fully saturated rings. The van der Waals surface area contributed by atoms with Crippen LogP contribution in [0.4, 0.5) is 9.18 Å². The van der Waals surface area contributed by atoms with E-state index in [2.05, 4.69) is 43.2 Å². The molecule has 7 nitrogen and oxygen atoms in total. The van der Waals surface area contributed by atoms with Gasteiger partial charge >= 0.3 is 6.03 Å². The topological polar surface area (TPSA) is 90.1 Å². The fourth-order valence-corrected chi connectivity index (χ4v) is 4.77. The minimum atomic E-state index is -0.447. The highest BCUT2D eigenvalue weighted by atomic mass is 127. The van der Waals surface area contributed by atoms with Crippen LogP contribution in [0.1, 0.15) is 22.5 Å². The fourth-order valence-electron chi connectivity index (χ4n) is 3.83. The number of hydrogen-bond donors (Lipinski definition) is 3. The maximum Gasteiger partial charge on any atom is 0.317 e. The molecule has 9 heteroatoms. The number of H-pyrrole nitrogens is 1. The molecule has 0 aliphatic carbocycles. The molecule has 26 heavy (non-hydrogen) atoms. The van der Waals surface area contributed by atoms with E-state index in [1.54, 1.807) is 18.0 Å². The lowest BCUT2D eigenvalue weighted by atomic mass is 9.79. The summed E-state index contributed by atoms with van der Waals surface area (Å²) in [5.74, 6) is -0.623. The molecule has 1 atom stereocenters. The predicted molar refractivity (Wildman–Crippen MR) is 101 cm³/mol. The maximum absolute atomic E-state index is 14.3. The number of likely N-dealkylation sites (tertiary alicyclic amines) is 1. The van der Waals surface area contributed by atoms with Gasteiger partial charge in [-0.25, -0.2) is 9.18 Å². The number of halogens is 2. The van der Waals surface area contributed by atoms with E-state index >= 15 is 0 Å². The summed E-state index contributed by atoms with van der Waals surface area (Å²) in [7, 11) is 1.60. The van der Waals surface area contributed by atoms with Crippen LogP contribution in [-0.4, -0.2) is 53.5 Å². The third kappa shape index (κ3) is 2.48. The second kappa shape index (κ2) is 6.22. The molecule has 2 aromatic heterocycles. The third-order valence-electron chi connectivity index (χ3n) is 5.18. The van der Waals surface area contributed by atoms with Crippen LogP contribution in [0.2, 0.25) is 0 Å². The zero-order valence-corrected chi connectivity index (χ0v) is 16.2. The minimum Gasteiger partial charge on any atom is -0.356 e. The molecule has 4 rings (SSSR count). The Hall–Kier alpha value is -2.17. The molecule has 2 aliphatic heterocycles. The second-order valence-corrected chi connectivity index (χ2v) is 7.69. The molecule has 1 unspecified atom stereocenters. The maximum atomic E-state index is 14.3. The first kappa shape index (κ1) is 17.3. The van der Waals surface area contributed by atoms with E-state index in [-0.39, 0.29) is 11.9 Å². The van der Waals surface area contributed by atoms with E-state index in [0.717, 1.165) is 18.3 Å². The van der Waals surface area contributed by atoms with Gasteiger partial charge in [0.15, 0.2) is 5.82 Å². The fraction of sp³-hybridized carbons (Fsp3) is 0.353. The lowest BCUT2D eigenvalue weighted by Gasteiger charge is -2.33. The zero-order valence-electron chi connectivity index (χ0n) is 14.0. The van der Waals surface area contributed by atoms with Gasteiger partial charge in [0.25, 0.3) is 5.91 Å². The monoisotopic (exact) mass is 469 g/mol. The lowest BCUT2D eigenvalue weighted by Crippen LogP contribution is -2.49. The summed E-state index contributed by atoms with van der Waals surface area (Å²) < 4.78 is 14.9. The Morgan fingerprint density at radius 2 is 2.31 bits per heavy atom. The number of urea groups is 1. The number of rotatable bonds is 1. The molecular weight excluding hydrogens is 452 g/mol. The molecule has 0 saturated carbocycles. The number of aromatic amines is 1. The van der Waals surface area contributed by atoms with Crippen molar-refractivity contribution in [2.75, 3.05) is 26.7 Å². The Kier molecular flexibility index (Phi) is 4.13. The van der Waals surface area contributed by atoms with Gasteiger partial charge in [0.2, 0.25) is 0 Å². The molecule has 2 aromatic rings. The van der Waals surface area contributed by atoms with Gasteiger partial charge in [-0.2, -0.15) is 0 Å². The molecule has 0 bridgehead atoms. The van der Waals surface area contributed by atoms with Gasteiger partial charge in [-0.05, 0) is 35.1 Å². The second-order valence-electron chi connectivity index (χ2n) is 6.61. The van der Waals surface area contributed by atoms with Crippen LogP contribution in [0.25, 0.3) is 11.3 Å². The Balaban J connectivity index is 1.83. The van der Waals surface area contributed by atoms with E-state index < -0.39 is 11.2 Å². The van der Waals surface area contributed by atoms with Crippen molar-refractivity contribution >= 4 is 34.5 Å². The Labute approximate surface area is 162 Å². The first-order valence-corrected chi connectivity index (χ1v) is 9.31. The SMILES string of the molecule is CNC(=O)N1CCC2(CNC(=O)c3c2[nH]c(-c2ccncc2F)c3I)C1. The van der Waals surface area contributed by atoms with Crippen LogP contribution < -0.4 is 10.6 Å². The standard InChI is InChI=1S/C17H17FIN5O2/c1-20-16(26)24-5-3-17(8-24)7-22-15(25)11-12(19)13(23-14(11)17)9-2-4-21-6-10(9)18/h2,4,6,23H,3,5,7-8H2,1H3,(H,20,26)(H,22,25). The van der Waals surface area contributed by atoms with E-state index in [9.17, 15) is 14.0 Å². The summed E-state index contributed by atoms with van der Waals surface area (Å²) in [5, 5.41) is 5.58. The van der Waals surface area contributed by atoms with Crippen molar-refractivity contribution in [3.05, 3.63) is 39.1 Å². The molecule has 4 heterocycles. The molecule has 136 valence electrons. The Bertz CT molecular complexity index is 915. The minimum absolute atomic E-state index is 0.137. The summed E-state index contributed by atoms with van der Waals surface area (Å²) in [6.45, 7) is 1.54. The van der Waals surface area contributed by atoms with Gasteiger partial charge in [0, 0.05) is 49.6 Å². The number of nitrogens with one attached hydrogen (secondary N) is 3. The quantitative estimate of drug-likeness (QED) is 0.557. The van der Waals surface area contributed by atoms with Gasteiger partial charge in [-0.3, -0.25) is 9.78 Å². The Morgan fingerprint density at radius 3 is 3.04 bits per heavy atom. The van der Waals surface area contributed by atoms with Crippen LogP contribution >= 0.6 is 22.6 Å². The van der Waals surface area contributed by atoms with Crippen LogP contribution in [0.5, 0.6) is 0 Å². The number of amides is 3. The van der Waals surface area contributed by atoms with Crippen molar-refractivity contribution in [2.24, 2.45) is 0 Å². The Morgan fingerprint density at radius 1 is 1.50 bits per heavy atom. The van der Waals surface area contributed by atoms with E-state index in [4.69, 9.17) is 0 Å². The smallest absolute Gasteiger partial charge is 0.317 e. The lowest BCUT2D eigenvalue weighted by molar-refractivity contribution is 0.0924. The molecule has 1 saturated heterocycles. The summed E-state index contributed by atoms with van der Waals surface area (Å²) in [6.07, 6.45) is 3.40. The number of fused-ring (bicyclic) bond motifs is 2. The number of hydrogen-bond acceptors (Lipinski definition) is 3. The van der Waals surface area contributed by atoms with Crippen molar-refractivity contribution in [3.63, 3.8) is 0 Å². The van der Waals surface area contributed by atoms with E-state index in [1.807, 2.05) is 0 Å². The van der Waals surface area contributed by atoms with Crippen molar-refractivity contribution in [1.29, 1.82) is 0 Å². The number of pyridine rings is 1. The predicted octanol–water partition coefficient (Wildman–Crippen LogP) is 1.85. The highest BCUT2D eigenvalue weighted by Crippen LogP contribution is 2.42. The molecule has 3 amide bonds. The van der Waals surface area contributed by atoms with Gasteiger partial charge in [0.1, 0.15) is 0 Å². The largest absolute Gasteiger partial charge is 0.356 e. The highest BCUT2D eigenvalue weighted by Gasteiger charge is 2.48. The molecule has 3 N–H and O–H groups in total. The molecular formula is C17H17FIN5O2. The van der Waals surface area contributed by atoms with E-state index in [0.29, 0.717) is 40.0 Å². The number of aromatic nitrogens is 2. The third-order valence-corrected chi connectivity index (χ3v) is 6.26. The number of nitrogens with zero attached hydrogens (tertiary/aromatic N) is 2. The van der Waals surface area contributed by atoms with Gasteiger partial charge in [0.05, 0.1) is 21.0 Å². The summed E-state index contributed by atoms with van der Waals surface area (Å²) in [4.78, 5) is 33.4. The van der Waals surface area contributed by atoms with Crippen molar-refractivity contribution in [2.45, 2.75) is 11.8 Å². The molecule has 1 spiro atoms. The first-order valence-electron chi connectivity index (χ1n) is 8.23. The van der Waals surface area contributed by atoms with Crippen LogP contribution in [-0.2, 0) is 5.41 Å². The van der Waals surface area contributed by atoms with Gasteiger partial charge in [-0.1, -0.05) is 0 Å². The highest BCUT2D eigenvalue weighted by molar-refractivity contribution is 14.1. The van der Waals surface area contributed by atoms with Crippen molar-refractivity contribution in [1.82, 2.24) is 25.5 Å².